The number of nitrogens with zero attached hydrogens (tertiary/aromatic N) is 2. The lowest BCUT2D eigenvalue weighted by molar-refractivity contribution is -0.0489. The van der Waals surface area contributed by atoms with Crippen LogP contribution in [-0.4, -0.2) is 42.2 Å². The average molecular weight is 212 g/mol. The Labute approximate surface area is 90.6 Å². The van der Waals surface area contributed by atoms with Gasteiger partial charge in [-0.2, -0.15) is 0 Å². The molecular formula is C10H20N4O. The fourth-order valence-corrected chi connectivity index (χ4v) is 1.94. The first-order valence-corrected chi connectivity index (χ1v) is 5.64. The van der Waals surface area contributed by atoms with Gasteiger partial charge >= 0.3 is 0 Å². The van der Waals surface area contributed by atoms with Gasteiger partial charge in [0.1, 0.15) is 0 Å². The topological polar surface area (TPSA) is 62.9 Å². The molecule has 86 valence electrons. The van der Waals surface area contributed by atoms with E-state index in [1.165, 1.54) is 12.8 Å². The zero-order valence-electron chi connectivity index (χ0n) is 9.44. The molecular weight excluding hydrogens is 192 g/mol. The number of rotatable bonds is 1. The molecule has 0 aromatic heterocycles. The molecule has 1 aliphatic heterocycles. The van der Waals surface area contributed by atoms with E-state index in [0.29, 0.717) is 6.04 Å². The molecule has 1 heterocycles. The number of nitrogens with two attached hydrogens (primary N) is 1. The van der Waals surface area contributed by atoms with Crippen LogP contribution in [0.25, 0.3) is 0 Å². The van der Waals surface area contributed by atoms with E-state index in [-0.39, 0.29) is 12.2 Å². The van der Waals surface area contributed by atoms with Gasteiger partial charge in [-0.05, 0) is 26.7 Å². The van der Waals surface area contributed by atoms with Crippen molar-refractivity contribution in [2.45, 2.75) is 44.9 Å². The number of nitrogens with one attached hydrogen (secondary N) is 1. The van der Waals surface area contributed by atoms with Gasteiger partial charge in [-0.1, -0.05) is 0 Å². The Hall–Kier alpha value is -0.810. The van der Waals surface area contributed by atoms with Crippen LogP contribution < -0.4 is 11.3 Å². The van der Waals surface area contributed by atoms with E-state index in [2.05, 4.69) is 29.2 Å². The predicted octanol–water partition coefficient (Wildman–Crippen LogP) is 0.0773. The van der Waals surface area contributed by atoms with Crippen LogP contribution in [0.2, 0.25) is 0 Å². The molecule has 2 atom stereocenters. The summed E-state index contributed by atoms with van der Waals surface area (Å²) >= 11 is 0. The third-order valence-electron chi connectivity index (χ3n) is 2.70. The smallest absolute Gasteiger partial charge is 0.208 e. The molecule has 0 radical (unpaired) electrons. The molecule has 0 amide bonds. The zero-order valence-corrected chi connectivity index (χ0v) is 9.44. The van der Waals surface area contributed by atoms with Crippen LogP contribution in [0.1, 0.15) is 26.7 Å². The number of hydrogen-bond donors (Lipinski definition) is 2. The van der Waals surface area contributed by atoms with Gasteiger partial charge in [-0.3, -0.25) is 5.43 Å². The lowest BCUT2D eigenvalue weighted by Gasteiger charge is -2.36. The van der Waals surface area contributed by atoms with E-state index in [0.717, 1.165) is 19.0 Å². The molecule has 15 heavy (non-hydrogen) atoms. The second-order valence-electron chi connectivity index (χ2n) is 4.49. The normalized spacial score (nSPS) is 33.0. The highest BCUT2D eigenvalue weighted by Crippen LogP contribution is 2.24. The molecule has 0 spiro atoms. The molecule has 0 bridgehead atoms. The molecule has 2 unspecified atom stereocenters. The molecule has 3 N–H and O–H groups in total. The third kappa shape index (κ3) is 2.82. The van der Waals surface area contributed by atoms with Crippen LogP contribution in [0, 0.1) is 0 Å². The summed E-state index contributed by atoms with van der Waals surface area (Å²) < 4.78 is 5.67. The lowest BCUT2D eigenvalue weighted by atomic mass is 10.2. The molecule has 0 aromatic rings. The maximum atomic E-state index is 5.67. The van der Waals surface area contributed by atoms with E-state index in [1.807, 2.05) is 0 Å². The first-order valence-electron chi connectivity index (χ1n) is 5.64. The number of morpholine rings is 1. The van der Waals surface area contributed by atoms with Crippen LogP contribution in [0.5, 0.6) is 0 Å². The monoisotopic (exact) mass is 212 g/mol. The molecule has 1 aliphatic carbocycles. The minimum absolute atomic E-state index is 0.242. The van der Waals surface area contributed by atoms with Gasteiger partial charge in [0, 0.05) is 13.1 Å². The summed E-state index contributed by atoms with van der Waals surface area (Å²) in [6.07, 6.45) is 2.87. The highest BCUT2D eigenvalue weighted by molar-refractivity contribution is 5.79. The highest BCUT2D eigenvalue weighted by Gasteiger charge is 2.27. The second kappa shape index (κ2) is 4.37. The fourth-order valence-electron chi connectivity index (χ4n) is 1.94. The molecule has 1 saturated heterocycles. The van der Waals surface area contributed by atoms with E-state index in [1.54, 1.807) is 0 Å². The maximum absolute atomic E-state index is 5.67. The van der Waals surface area contributed by atoms with Crippen LogP contribution in [0.4, 0.5) is 0 Å². The number of hydrogen-bond acceptors (Lipinski definition) is 3. The van der Waals surface area contributed by atoms with Crippen LogP contribution in [0.3, 0.4) is 0 Å². The van der Waals surface area contributed by atoms with Crippen molar-refractivity contribution in [2.24, 2.45) is 10.8 Å². The van der Waals surface area contributed by atoms with Crippen molar-refractivity contribution in [3.63, 3.8) is 0 Å². The van der Waals surface area contributed by atoms with E-state index < -0.39 is 0 Å². The summed E-state index contributed by atoms with van der Waals surface area (Å²) in [5.74, 6) is 6.33. The van der Waals surface area contributed by atoms with Gasteiger partial charge in [0.15, 0.2) is 0 Å². The van der Waals surface area contributed by atoms with Crippen molar-refractivity contribution in [3.8, 4) is 0 Å². The zero-order chi connectivity index (χ0) is 10.8. The molecule has 0 aromatic carbocycles. The van der Waals surface area contributed by atoms with Crippen molar-refractivity contribution in [1.82, 2.24) is 10.3 Å². The minimum Gasteiger partial charge on any atom is -0.372 e. The fraction of sp³-hybridized carbons (Fsp3) is 0.900. The van der Waals surface area contributed by atoms with Gasteiger partial charge in [-0.15, -0.1) is 0 Å². The lowest BCUT2D eigenvalue weighted by Crippen LogP contribution is -2.54. The van der Waals surface area contributed by atoms with Gasteiger partial charge in [0.05, 0.1) is 18.2 Å². The minimum atomic E-state index is 0.242. The van der Waals surface area contributed by atoms with Gasteiger partial charge < -0.3 is 9.64 Å². The summed E-state index contributed by atoms with van der Waals surface area (Å²) in [7, 11) is 0. The number of hydrazine groups is 1. The molecule has 5 nitrogen and oxygen atoms in total. The second-order valence-corrected chi connectivity index (χ2v) is 4.49. The number of guanidine groups is 1. The summed E-state index contributed by atoms with van der Waals surface area (Å²) in [5.41, 5.74) is 2.70. The SMILES string of the molecule is CC1CN(C(=NC2CC2)NN)CC(C)O1. The molecule has 2 rings (SSSR count). The van der Waals surface area contributed by atoms with Crippen LogP contribution >= 0.6 is 0 Å². The highest BCUT2D eigenvalue weighted by atomic mass is 16.5. The Morgan fingerprint density at radius 2 is 1.93 bits per heavy atom. The Balaban J connectivity index is 1.99. The Morgan fingerprint density at radius 1 is 1.33 bits per heavy atom. The van der Waals surface area contributed by atoms with E-state index in [9.17, 15) is 0 Å². The number of ether oxygens (including phenoxy) is 1. The molecule has 2 fully saturated rings. The molecule has 5 heteroatoms. The molecule has 1 saturated carbocycles. The average Bonchev–Trinajstić information content (AvgIpc) is 2.96. The molecule has 2 aliphatic rings. The Bertz CT molecular complexity index is 242. The standard InChI is InChI=1S/C10H20N4O/c1-7-5-14(6-8(2)15-7)10(13-11)12-9-3-4-9/h7-9H,3-6,11H2,1-2H3,(H,12,13). The van der Waals surface area contributed by atoms with Crippen molar-refractivity contribution in [1.29, 1.82) is 0 Å². The summed E-state index contributed by atoms with van der Waals surface area (Å²) in [6, 6.07) is 0.490. The van der Waals surface area contributed by atoms with Crippen molar-refractivity contribution in [2.75, 3.05) is 13.1 Å². The van der Waals surface area contributed by atoms with Crippen LogP contribution in [-0.2, 0) is 4.74 Å². The van der Waals surface area contributed by atoms with Crippen molar-refractivity contribution < 1.29 is 4.74 Å². The van der Waals surface area contributed by atoms with E-state index in [4.69, 9.17) is 10.6 Å². The first-order chi connectivity index (χ1) is 7.19. The van der Waals surface area contributed by atoms with E-state index >= 15 is 0 Å². The van der Waals surface area contributed by atoms with Gasteiger partial charge in [0.25, 0.3) is 0 Å². The summed E-state index contributed by atoms with van der Waals surface area (Å²) in [4.78, 5) is 6.73. The van der Waals surface area contributed by atoms with Crippen LogP contribution in [0.15, 0.2) is 4.99 Å². The first kappa shape index (κ1) is 10.7. The predicted molar refractivity (Wildman–Crippen MR) is 59.4 cm³/mol. The largest absolute Gasteiger partial charge is 0.372 e. The van der Waals surface area contributed by atoms with Gasteiger partial charge in [-0.25, -0.2) is 10.8 Å². The van der Waals surface area contributed by atoms with Crippen molar-refractivity contribution >= 4 is 5.96 Å². The number of aliphatic imine (C=N–C) groups is 1. The maximum Gasteiger partial charge on any atom is 0.208 e. The summed E-state index contributed by atoms with van der Waals surface area (Å²) in [6.45, 7) is 5.88. The van der Waals surface area contributed by atoms with Crippen molar-refractivity contribution in [3.05, 3.63) is 0 Å². The van der Waals surface area contributed by atoms with Gasteiger partial charge in [0.2, 0.25) is 5.96 Å². The summed E-state index contributed by atoms with van der Waals surface area (Å²) in [5, 5.41) is 0. The Morgan fingerprint density at radius 3 is 2.40 bits per heavy atom. The quantitative estimate of drug-likeness (QED) is 0.279. The Kier molecular flexibility index (Phi) is 3.11. The third-order valence-corrected chi connectivity index (χ3v) is 2.70.